The SMILES string of the molecule is NCC1CCCCC1NS(=O)(=O)c1c[nH]c2nccc(Cl)c12. The first-order valence-electron chi connectivity index (χ1n) is 7.37. The Hall–Kier alpha value is -1.15. The summed E-state index contributed by atoms with van der Waals surface area (Å²) in [5.41, 5.74) is 6.24. The van der Waals surface area contributed by atoms with Crippen molar-refractivity contribution in [3.05, 3.63) is 23.5 Å². The molecule has 120 valence electrons. The number of rotatable bonds is 4. The zero-order valence-electron chi connectivity index (χ0n) is 12.0. The molecule has 1 aliphatic carbocycles. The van der Waals surface area contributed by atoms with E-state index in [1.54, 1.807) is 6.07 Å². The highest BCUT2D eigenvalue weighted by Crippen LogP contribution is 2.30. The van der Waals surface area contributed by atoms with Crippen LogP contribution in [0.2, 0.25) is 5.02 Å². The van der Waals surface area contributed by atoms with E-state index in [1.165, 1.54) is 12.4 Å². The first-order chi connectivity index (χ1) is 10.5. The molecule has 1 fully saturated rings. The van der Waals surface area contributed by atoms with Gasteiger partial charge in [0.1, 0.15) is 10.5 Å². The van der Waals surface area contributed by atoms with E-state index in [2.05, 4.69) is 14.7 Å². The molecule has 2 aromatic heterocycles. The third-order valence-corrected chi connectivity index (χ3v) is 6.12. The van der Waals surface area contributed by atoms with Gasteiger partial charge in [0.25, 0.3) is 0 Å². The quantitative estimate of drug-likeness (QED) is 0.791. The molecule has 0 spiro atoms. The monoisotopic (exact) mass is 342 g/mol. The van der Waals surface area contributed by atoms with Crippen LogP contribution in [-0.4, -0.2) is 31.0 Å². The lowest BCUT2D eigenvalue weighted by molar-refractivity contribution is 0.296. The van der Waals surface area contributed by atoms with Gasteiger partial charge in [-0.05, 0) is 31.4 Å². The molecule has 0 aromatic carbocycles. The molecule has 2 heterocycles. The molecule has 1 aliphatic rings. The van der Waals surface area contributed by atoms with Crippen molar-refractivity contribution in [2.75, 3.05) is 6.54 Å². The summed E-state index contributed by atoms with van der Waals surface area (Å²) in [6.07, 6.45) is 6.86. The average molecular weight is 343 g/mol. The highest BCUT2D eigenvalue weighted by Gasteiger charge is 2.30. The largest absolute Gasteiger partial charge is 0.345 e. The van der Waals surface area contributed by atoms with Crippen molar-refractivity contribution in [1.82, 2.24) is 14.7 Å². The van der Waals surface area contributed by atoms with Gasteiger partial charge in [0.2, 0.25) is 10.0 Å². The third kappa shape index (κ3) is 2.86. The van der Waals surface area contributed by atoms with Crippen LogP contribution in [0.15, 0.2) is 23.4 Å². The molecule has 3 rings (SSSR count). The Morgan fingerprint density at radius 1 is 1.41 bits per heavy atom. The Bertz CT molecular complexity index is 774. The van der Waals surface area contributed by atoms with Gasteiger partial charge in [0.05, 0.1) is 10.4 Å². The van der Waals surface area contributed by atoms with Crippen molar-refractivity contribution >= 4 is 32.7 Å². The lowest BCUT2D eigenvalue weighted by atomic mass is 9.85. The minimum absolute atomic E-state index is 0.121. The molecular weight excluding hydrogens is 324 g/mol. The van der Waals surface area contributed by atoms with Gasteiger partial charge in [-0.3, -0.25) is 0 Å². The van der Waals surface area contributed by atoms with Crippen molar-refractivity contribution in [1.29, 1.82) is 0 Å². The van der Waals surface area contributed by atoms with E-state index in [9.17, 15) is 8.42 Å². The molecule has 2 unspecified atom stereocenters. The number of sulfonamides is 1. The molecule has 0 radical (unpaired) electrons. The highest BCUT2D eigenvalue weighted by molar-refractivity contribution is 7.89. The second kappa shape index (κ2) is 6.16. The predicted molar refractivity (Wildman–Crippen MR) is 86.2 cm³/mol. The molecule has 6 nitrogen and oxygen atoms in total. The fraction of sp³-hybridized carbons (Fsp3) is 0.500. The maximum absolute atomic E-state index is 12.7. The average Bonchev–Trinajstić information content (AvgIpc) is 2.94. The lowest BCUT2D eigenvalue weighted by Gasteiger charge is -2.30. The van der Waals surface area contributed by atoms with Crippen LogP contribution in [0.5, 0.6) is 0 Å². The second-order valence-corrected chi connectivity index (χ2v) is 7.77. The van der Waals surface area contributed by atoms with Crippen LogP contribution >= 0.6 is 11.6 Å². The predicted octanol–water partition coefficient (Wildman–Crippen LogP) is 2.01. The summed E-state index contributed by atoms with van der Waals surface area (Å²) >= 11 is 6.14. The molecule has 2 atom stereocenters. The molecule has 0 amide bonds. The van der Waals surface area contributed by atoms with E-state index in [-0.39, 0.29) is 16.9 Å². The maximum atomic E-state index is 12.7. The van der Waals surface area contributed by atoms with Crippen LogP contribution in [0.3, 0.4) is 0 Å². The zero-order valence-corrected chi connectivity index (χ0v) is 13.6. The molecule has 0 bridgehead atoms. The first kappa shape index (κ1) is 15.7. The van der Waals surface area contributed by atoms with E-state index in [1.807, 2.05) is 0 Å². The Kier molecular flexibility index (Phi) is 4.40. The summed E-state index contributed by atoms with van der Waals surface area (Å²) in [6.45, 7) is 0.489. The zero-order chi connectivity index (χ0) is 15.7. The molecule has 4 N–H and O–H groups in total. The Morgan fingerprint density at radius 2 is 2.18 bits per heavy atom. The normalized spacial score (nSPS) is 23.0. The summed E-state index contributed by atoms with van der Waals surface area (Å²) in [5.74, 6) is 0.183. The van der Waals surface area contributed by atoms with Gasteiger partial charge in [0.15, 0.2) is 0 Å². The van der Waals surface area contributed by atoms with Crippen LogP contribution in [0.4, 0.5) is 0 Å². The van der Waals surface area contributed by atoms with E-state index < -0.39 is 10.0 Å². The number of hydrogen-bond donors (Lipinski definition) is 3. The molecule has 0 saturated heterocycles. The van der Waals surface area contributed by atoms with Crippen LogP contribution in [-0.2, 0) is 10.0 Å². The van der Waals surface area contributed by atoms with Crippen molar-refractivity contribution < 1.29 is 8.42 Å². The van der Waals surface area contributed by atoms with Gasteiger partial charge in [-0.2, -0.15) is 0 Å². The Labute approximate surface area is 134 Å². The number of halogens is 1. The summed E-state index contributed by atoms with van der Waals surface area (Å²) in [7, 11) is -3.67. The fourth-order valence-electron chi connectivity index (χ4n) is 3.11. The number of nitrogens with two attached hydrogens (primary N) is 1. The van der Waals surface area contributed by atoms with Gasteiger partial charge in [0, 0.05) is 18.4 Å². The molecular formula is C14H19ClN4O2S. The summed E-state index contributed by atoms with van der Waals surface area (Å²) in [4.78, 5) is 7.10. The van der Waals surface area contributed by atoms with E-state index in [4.69, 9.17) is 17.3 Å². The number of hydrogen-bond acceptors (Lipinski definition) is 4. The van der Waals surface area contributed by atoms with E-state index >= 15 is 0 Å². The number of pyridine rings is 1. The summed E-state index contributed by atoms with van der Waals surface area (Å²) < 4.78 is 28.3. The number of nitrogens with one attached hydrogen (secondary N) is 2. The van der Waals surface area contributed by atoms with Crippen LogP contribution in [0.25, 0.3) is 11.0 Å². The van der Waals surface area contributed by atoms with Gasteiger partial charge >= 0.3 is 0 Å². The number of aromatic nitrogens is 2. The standard InChI is InChI=1S/C14H19ClN4O2S/c15-10-5-6-17-14-13(10)12(8-18-14)22(20,21)19-11-4-2-1-3-9(11)7-16/h5-6,8-9,11,19H,1-4,7,16H2,(H,17,18). The minimum Gasteiger partial charge on any atom is -0.345 e. The number of fused-ring (bicyclic) bond motifs is 1. The first-order valence-corrected chi connectivity index (χ1v) is 9.23. The van der Waals surface area contributed by atoms with Gasteiger partial charge in [-0.1, -0.05) is 24.4 Å². The Balaban J connectivity index is 1.95. The van der Waals surface area contributed by atoms with Crippen LogP contribution < -0.4 is 10.5 Å². The van der Waals surface area contributed by atoms with Crippen LogP contribution in [0, 0.1) is 5.92 Å². The van der Waals surface area contributed by atoms with Gasteiger partial charge in [-0.25, -0.2) is 18.1 Å². The van der Waals surface area contributed by atoms with Gasteiger partial charge in [-0.15, -0.1) is 0 Å². The third-order valence-electron chi connectivity index (χ3n) is 4.29. The molecule has 0 aliphatic heterocycles. The molecule has 8 heteroatoms. The summed E-state index contributed by atoms with van der Waals surface area (Å²) in [5, 5.41) is 0.794. The number of nitrogens with zero attached hydrogens (tertiary/aromatic N) is 1. The lowest BCUT2D eigenvalue weighted by Crippen LogP contribution is -2.44. The Morgan fingerprint density at radius 3 is 2.95 bits per heavy atom. The smallest absolute Gasteiger partial charge is 0.243 e. The van der Waals surface area contributed by atoms with Crippen LogP contribution in [0.1, 0.15) is 25.7 Å². The fourth-order valence-corrected chi connectivity index (χ4v) is 4.94. The topological polar surface area (TPSA) is 101 Å². The summed E-state index contributed by atoms with van der Waals surface area (Å²) in [6, 6.07) is 1.46. The van der Waals surface area contributed by atoms with E-state index in [0.29, 0.717) is 22.6 Å². The minimum atomic E-state index is -3.67. The maximum Gasteiger partial charge on any atom is 0.243 e. The van der Waals surface area contributed by atoms with Gasteiger partial charge < -0.3 is 10.7 Å². The molecule has 22 heavy (non-hydrogen) atoms. The van der Waals surface area contributed by atoms with E-state index in [0.717, 1.165) is 25.7 Å². The molecule has 2 aromatic rings. The van der Waals surface area contributed by atoms with Crippen molar-refractivity contribution in [2.24, 2.45) is 11.7 Å². The van der Waals surface area contributed by atoms with Crippen molar-refractivity contribution in [3.63, 3.8) is 0 Å². The van der Waals surface area contributed by atoms with Crippen molar-refractivity contribution in [3.8, 4) is 0 Å². The number of aromatic amines is 1. The van der Waals surface area contributed by atoms with Crippen molar-refractivity contribution in [2.45, 2.75) is 36.6 Å². The number of H-pyrrole nitrogens is 1. The molecule has 1 saturated carbocycles. The second-order valence-electron chi connectivity index (χ2n) is 5.68. The highest BCUT2D eigenvalue weighted by atomic mass is 35.5.